The van der Waals surface area contributed by atoms with Crippen LogP contribution in [-0.2, 0) is 16.0 Å². The van der Waals surface area contributed by atoms with Crippen molar-refractivity contribution < 1.29 is 14.1 Å². The van der Waals surface area contributed by atoms with E-state index in [1.165, 1.54) is 0 Å². The summed E-state index contributed by atoms with van der Waals surface area (Å²) in [6.07, 6.45) is 4.19. The van der Waals surface area contributed by atoms with Crippen LogP contribution in [-0.4, -0.2) is 29.9 Å². The first-order valence-corrected chi connectivity index (χ1v) is 8.72. The molecule has 1 aliphatic rings. The van der Waals surface area contributed by atoms with Gasteiger partial charge < -0.3 is 9.29 Å². The van der Waals surface area contributed by atoms with Crippen molar-refractivity contribution in [3.63, 3.8) is 0 Å². The summed E-state index contributed by atoms with van der Waals surface area (Å²) in [4.78, 5) is 12.1. The smallest absolute Gasteiger partial charge is 0.234 e. The maximum Gasteiger partial charge on any atom is 0.234 e. The van der Waals surface area contributed by atoms with Crippen LogP contribution >= 0.6 is 0 Å². The Bertz CT molecular complexity index is 587. The summed E-state index contributed by atoms with van der Waals surface area (Å²) in [6.45, 7) is 4.07. The molecule has 0 saturated carbocycles. The highest BCUT2D eigenvalue weighted by Gasteiger charge is 2.26. The Hall–Kier alpha value is -1.50. The predicted octanol–water partition coefficient (Wildman–Crippen LogP) is 1.87. The third kappa shape index (κ3) is 3.82. The van der Waals surface area contributed by atoms with Gasteiger partial charge >= 0.3 is 0 Å². The maximum absolute atomic E-state index is 11.6. The van der Waals surface area contributed by atoms with Gasteiger partial charge in [-0.05, 0) is 36.2 Å². The van der Waals surface area contributed by atoms with Crippen LogP contribution in [0.4, 0.5) is 0 Å². The lowest BCUT2D eigenvalue weighted by Gasteiger charge is -2.30. The third-order valence-electron chi connectivity index (χ3n) is 3.85. The van der Waals surface area contributed by atoms with E-state index in [9.17, 15) is 9.35 Å². The minimum absolute atomic E-state index is 0.0175. The number of hydrazine groups is 1. The van der Waals surface area contributed by atoms with Crippen molar-refractivity contribution in [1.82, 2.24) is 10.9 Å². The average Bonchev–Trinajstić information content (AvgIpc) is 2.47. The van der Waals surface area contributed by atoms with Crippen LogP contribution in [0.1, 0.15) is 25.8 Å². The third-order valence-corrected chi connectivity index (χ3v) is 4.77. The lowest BCUT2D eigenvalue weighted by molar-refractivity contribution is -0.125. The molecule has 2 N–H and O–H groups in total. The van der Waals surface area contributed by atoms with Gasteiger partial charge in [-0.25, -0.2) is 5.43 Å². The van der Waals surface area contributed by atoms with E-state index < -0.39 is 11.2 Å². The van der Waals surface area contributed by atoms with E-state index in [0.29, 0.717) is 12.2 Å². The van der Waals surface area contributed by atoms with Crippen LogP contribution in [0.25, 0.3) is 6.08 Å². The quantitative estimate of drug-likeness (QED) is 0.830. The summed E-state index contributed by atoms with van der Waals surface area (Å²) in [5, 5.41) is 0. The van der Waals surface area contributed by atoms with Crippen LogP contribution < -0.4 is 15.6 Å². The summed E-state index contributed by atoms with van der Waals surface area (Å²) < 4.78 is 17.0. The van der Waals surface area contributed by atoms with Gasteiger partial charge in [-0.2, -0.15) is 0 Å². The van der Waals surface area contributed by atoms with Gasteiger partial charge in [0.1, 0.15) is 12.0 Å². The molecular formula is C16H22N2O3S. The molecule has 0 aliphatic carbocycles. The molecule has 0 aromatic heterocycles. The van der Waals surface area contributed by atoms with Gasteiger partial charge in [0.25, 0.3) is 0 Å². The highest BCUT2D eigenvalue weighted by molar-refractivity contribution is 7.90. The van der Waals surface area contributed by atoms with Gasteiger partial charge in [-0.15, -0.1) is 0 Å². The number of benzene rings is 1. The van der Waals surface area contributed by atoms with Crippen LogP contribution in [0, 0.1) is 5.92 Å². The molecule has 1 aliphatic heterocycles. The van der Waals surface area contributed by atoms with Crippen molar-refractivity contribution in [2.24, 2.45) is 5.92 Å². The Morgan fingerprint density at radius 3 is 2.82 bits per heavy atom. The molecular weight excluding hydrogens is 300 g/mol. The Balaban J connectivity index is 2.26. The Kier molecular flexibility index (Phi) is 5.50. The van der Waals surface area contributed by atoms with Gasteiger partial charge in [0.15, 0.2) is 4.90 Å². The lowest BCUT2D eigenvalue weighted by Crippen LogP contribution is -2.53. The fourth-order valence-electron chi connectivity index (χ4n) is 2.65. The second-order valence-corrected chi connectivity index (χ2v) is 6.98. The molecule has 1 amide bonds. The molecule has 3 atom stereocenters. The Labute approximate surface area is 134 Å². The van der Waals surface area contributed by atoms with E-state index in [0.717, 1.165) is 16.0 Å². The zero-order chi connectivity index (χ0) is 16.3. The summed E-state index contributed by atoms with van der Waals surface area (Å²) in [7, 11) is 1.60. The van der Waals surface area contributed by atoms with Crippen molar-refractivity contribution >= 4 is 23.2 Å². The zero-order valence-corrected chi connectivity index (χ0v) is 14.1. The molecule has 22 heavy (non-hydrogen) atoms. The number of amides is 1. The van der Waals surface area contributed by atoms with Gasteiger partial charge in [0.2, 0.25) is 5.91 Å². The second kappa shape index (κ2) is 7.17. The first-order valence-electron chi connectivity index (χ1n) is 7.16. The van der Waals surface area contributed by atoms with Gasteiger partial charge in [0.05, 0.1) is 13.2 Å². The Morgan fingerprint density at radius 2 is 2.23 bits per heavy atom. The van der Waals surface area contributed by atoms with E-state index in [-0.39, 0.29) is 17.9 Å². The van der Waals surface area contributed by atoms with Crippen molar-refractivity contribution in [3.05, 3.63) is 29.3 Å². The number of hydrogen-bond acceptors (Lipinski definition) is 4. The van der Waals surface area contributed by atoms with Gasteiger partial charge in [-0.3, -0.25) is 10.2 Å². The number of hydrogen-bond donors (Lipinski definition) is 2. The van der Waals surface area contributed by atoms with Gasteiger partial charge in [0, 0.05) is 18.1 Å². The highest BCUT2D eigenvalue weighted by atomic mass is 32.2. The molecule has 1 aromatic rings. The average molecular weight is 322 g/mol. The number of nitrogens with one attached hydrogen (secondary N) is 2. The topological polar surface area (TPSA) is 73.4 Å². The minimum atomic E-state index is -1.04. The first kappa shape index (κ1) is 16.9. The van der Waals surface area contributed by atoms with Crippen LogP contribution in [0.2, 0.25) is 0 Å². The van der Waals surface area contributed by atoms with E-state index >= 15 is 0 Å². The molecule has 1 fully saturated rings. The highest BCUT2D eigenvalue weighted by Crippen LogP contribution is 2.27. The molecule has 120 valence electrons. The molecule has 5 nitrogen and oxygen atoms in total. The lowest BCUT2D eigenvalue weighted by atomic mass is 9.90. The molecule has 2 rings (SSSR count). The summed E-state index contributed by atoms with van der Waals surface area (Å²) in [5.74, 6) is 0.932. The molecule has 6 heteroatoms. The second-order valence-electron chi connectivity index (χ2n) is 5.60. The number of ether oxygens (including phenoxy) is 1. The summed E-state index contributed by atoms with van der Waals surface area (Å²) >= 11 is -1.04. The SMILES string of the molecule is COc1cc([S+](C)[O-])ccc1/C=C(\C)C1NNC(=O)CC1C. The normalized spacial score (nSPS) is 23.9. The molecule has 3 unspecified atom stereocenters. The van der Waals surface area contributed by atoms with Crippen LogP contribution in [0.5, 0.6) is 5.75 Å². The van der Waals surface area contributed by atoms with Crippen molar-refractivity contribution in [2.75, 3.05) is 13.4 Å². The fourth-order valence-corrected chi connectivity index (χ4v) is 3.18. The number of carbonyl (C=O) groups excluding carboxylic acids is 1. The molecule has 1 aromatic carbocycles. The molecule has 0 bridgehead atoms. The van der Waals surface area contributed by atoms with E-state index in [1.54, 1.807) is 19.4 Å². The molecule has 1 saturated heterocycles. The minimum Gasteiger partial charge on any atom is -0.612 e. The molecule has 0 spiro atoms. The fraction of sp³-hybridized carbons (Fsp3) is 0.438. The zero-order valence-electron chi connectivity index (χ0n) is 13.3. The van der Waals surface area contributed by atoms with E-state index in [4.69, 9.17) is 4.74 Å². The summed E-state index contributed by atoms with van der Waals surface area (Å²) in [6, 6.07) is 5.64. The number of rotatable bonds is 4. The Morgan fingerprint density at radius 1 is 1.50 bits per heavy atom. The van der Waals surface area contributed by atoms with Crippen molar-refractivity contribution in [3.8, 4) is 5.75 Å². The first-order chi connectivity index (χ1) is 10.4. The van der Waals surface area contributed by atoms with Crippen molar-refractivity contribution in [1.29, 1.82) is 0 Å². The monoisotopic (exact) mass is 322 g/mol. The van der Waals surface area contributed by atoms with Crippen LogP contribution in [0.3, 0.4) is 0 Å². The predicted molar refractivity (Wildman–Crippen MR) is 87.8 cm³/mol. The summed E-state index contributed by atoms with van der Waals surface area (Å²) in [5.41, 5.74) is 7.77. The standard InChI is InChI=1S/C16H22N2O3S/c1-10(16-11(2)8-15(19)17-18-16)7-12-5-6-13(22(4)20)9-14(12)21-3/h5-7,9,11,16,18H,8H2,1-4H3,(H,17,19)/b10-7+. The van der Waals surface area contributed by atoms with E-state index in [1.807, 2.05) is 32.1 Å². The molecule has 1 heterocycles. The van der Waals surface area contributed by atoms with E-state index in [2.05, 4.69) is 10.9 Å². The number of methoxy groups -OCH3 is 1. The maximum atomic E-state index is 11.6. The van der Waals surface area contributed by atoms with Gasteiger partial charge in [-0.1, -0.05) is 18.6 Å². The molecule has 0 radical (unpaired) electrons. The van der Waals surface area contributed by atoms with Crippen molar-refractivity contribution in [2.45, 2.75) is 31.2 Å². The van der Waals surface area contributed by atoms with Crippen LogP contribution in [0.15, 0.2) is 28.7 Å². The number of carbonyl (C=O) groups is 1. The largest absolute Gasteiger partial charge is 0.612 e.